The molecule has 1 heterocycles. The summed E-state index contributed by atoms with van der Waals surface area (Å²) in [5.74, 6) is -2.28. The number of benzene rings is 2. The number of nitrogens with two attached hydrogens (primary N) is 1. The molecule has 0 radical (unpaired) electrons. The molecule has 1 aliphatic heterocycles. The van der Waals surface area contributed by atoms with E-state index in [0.717, 1.165) is 19.3 Å². The number of carbonyl (C=O) groups excluding carboxylic acids is 2. The number of piperidine rings is 1. The molecule has 13 heteroatoms. The molecule has 1 fully saturated rings. The van der Waals surface area contributed by atoms with Gasteiger partial charge in [0.05, 0.1) is 18.4 Å². The van der Waals surface area contributed by atoms with Crippen LogP contribution in [0.2, 0.25) is 0 Å². The average Bonchev–Trinajstić information content (AvgIpc) is 2.94. The molecule has 0 aliphatic carbocycles. The number of aliphatic carboxylic acids is 1. The third-order valence-corrected chi connectivity index (χ3v) is 9.21. The van der Waals surface area contributed by atoms with E-state index in [-0.39, 0.29) is 23.1 Å². The molecular formula is C29H39N5O7S. The van der Waals surface area contributed by atoms with Crippen molar-refractivity contribution in [3.05, 3.63) is 58.1 Å². The van der Waals surface area contributed by atoms with E-state index in [1.165, 1.54) is 7.11 Å². The molecule has 0 unspecified atom stereocenters. The van der Waals surface area contributed by atoms with Crippen LogP contribution in [0.15, 0.2) is 35.2 Å². The minimum absolute atomic E-state index is 0.0711. The van der Waals surface area contributed by atoms with E-state index < -0.39 is 40.4 Å². The smallest absolute Gasteiger partial charge is 0.305 e. The van der Waals surface area contributed by atoms with Crippen LogP contribution >= 0.6 is 0 Å². The summed E-state index contributed by atoms with van der Waals surface area (Å²) in [4.78, 5) is 40.4. The molecule has 0 bridgehead atoms. The number of hydrogen-bond acceptors (Lipinski definition) is 7. The fourth-order valence-corrected chi connectivity index (χ4v) is 6.84. The van der Waals surface area contributed by atoms with Crippen LogP contribution in [0.25, 0.3) is 0 Å². The topological polar surface area (TPSA) is 192 Å². The van der Waals surface area contributed by atoms with Crippen LogP contribution in [0.4, 0.5) is 0 Å². The molecule has 3 rings (SSSR count). The lowest BCUT2D eigenvalue weighted by atomic mass is 10.0. The summed E-state index contributed by atoms with van der Waals surface area (Å²) in [7, 11) is -2.89. The third-order valence-electron chi connectivity index (χ3n) is 7.45. The summed E-state index contributed by atoms with van der Waals surface area (Å²) in [6.07, 6.45) is 1.86. The highest BCUT2D eigenvalue weighted by Gasteiger charge is 2.34. The molecule has 12 nitrogen and oxygen atoms in total. The standard InChI is InChI=1S/C29H39N5O7S/c1-17-14-24(41-4)18(2)19(3)26(17)42(39,40)33-22(16-25(35)36)28(37)32-23(29(38)34-12-6-5-7-13-34)15-20-8-10-21(11-9-20)27(30)31/h8-11,14,22-23,33H,5-7,12-13,15-16H2,1-4H3,(H3,30,31)(H,32,37)(H,35,36)/t22-,23+/m0/s1. The maximum atomic E-state index is 13.5. The first kappa shape index (κ1) is 32.5. The number of hydrogen-bond donors (Lipinski definition) is 5. The van der Waals surface area contributed by atoms with E-state index in [2.05, 4.69) is 10.0 Å². The van der Waals surface area contributed by atoms with Crippen molar-refractivity contribution < 1.29 is 32.6 Å². The Morgan fingerprint density at radius 2 is 1.67 bits per heavy atom. The number of sulfonamides is 1. The van der Waals surface area contributed by atoms with E-state index in [1.807, 2.05) is 0 Å². The van der Waals surface area contributed by atoms with E-state index in [0.29, 0.717) is 46.7 Å². The van der Waals surface area contributed by atoms with Gasteiger partial charge in [0.2, 0.25) is 21.8 Å². The van der Waals surface area contributed by atoms with Crippen LogP contribution in [0.1, 0.15) is 53.5 Å². The Balaban J connectivity index is 1.92. The van der Waals surface area contributed by atoms with E-state index in [9.17, 15) is 27.9 Å². The van der Waals surface area contributed by atoms with E-state index >= 15 is 0 Å². The minimum Gasteiger partial charge on any atom is -0.496 e. The zero-order valence-corrected chi connectivity index (χ0v) is 25.1. The van der Waals surface area contributed by atoms with Gasteiger partial charge in [-0.2, -0.15) is 4.72 Å². The SMILES string of the molecule is COc1cc(C)c(S(=O)(=O)N[C@@H](CC(=O)O)C(=O)N[C@H](Cc2ccc(C(=N)N)cc2)C(=O)N2CCCCC2)c(C)c1C. The lowest BCUT2D eigenvalue weighted by Crippen LogP contribution is -2.56. The summed E-state index contributed by atoms with van der Waals surface area (Å²) in [5.41, 5.74) is 8.07. The summed E-state index contributed by atoms with van der Waals surface area (Å²) in [5, 5.41) is 19.8. The van der Waals surface area contributed by atoms with Crippen molar-refractivity contribution in [3.8, 4) is 5.75 Å². The summed E-state index contributed by atoms with van der Waals surface area (Å²) in [6, 6.07) is 5.43. The van der Waals surface area contributed by atoms with Crippen molar-refractivity contribution in [2.24, 2.45) is 5.73 Å². The predicted octanol–water partition coefficient (Wildman–Crippen LogP) is 1.77. The Kier molecular flexibility index (Phi) is 10.7. The molecule has 2 atom stereocenters. The Labute approximate surface area is 246 Å². The van der Waals surface area contributed by atoms with Crippen molar-refractivity contribution in [2.75, 3.05) is 20.2 Å². The lowest BCUT2D eigenvalue weighted by molar-refractivity contribution is -0.140. The van der Waals surface area contributed by atoms with Crippen molar-refractivity contribution in [2.45, 2.75) is 69.9 Å². The molecule has 228 valence electrons. The number of carbonyl (C=O) groups is 3. The molecule has 1 aliphatic rings. The van der Waals surface area contributed by atoms with Gasteiger partial charge in [0.25, 0.3) is 0 Å². The van der Waals surface area contributed by atoms with Crippen LogP contribution in [-0.4, -0.2) is 74.3 Å². The van der Waals surface area contributed by atoms with Crippen molar-refractivity contribution >= 4 is 33.6 Å². The zero-order chi connectivity index (χ0) is 31.2. The molecular weight excluding hydrogens is 562 g/mol. The first-order chi connectivity index (χ1) is 19.7. The first-order valence-electron chi connectivity index (χ1n) is 13.7. The number of aryl methyl sites for hydroxylation is 1. The second-order valence-electron chi connectivity index (χ2n) is 10.5. The van der Waals surface area contributed by atoms with Gasteiger partial charge < -0.3 is 25.8 Å². The summed E-state index contributed by atoms with van der Waals surface area (Å²) < 4.78 is 34.7. The van der Waals surface area contributed by atoms with E-state index in [4.69, 9.17) is 15.9 Å². The largest absolute Gasteiger partial charge is 0.496 e. The fourth-order valence-electron chi connectivity index (χ4n) is 5.12. The van der Waals surface area contributed by atoms with Crippen LogP contribution in [0.3, 0.4) is 0 Å². The Morgan fingerprint density at radius 3 is 2.21 bits per heavy atom. The number of nitrogen functional groups attached to an aromatic ring is 1. The number of carboxylic acids is 1. The number of methoxy groups -OCH3 is 1. The molecule has 2 aromatic rings. The number of nitrogens with zero attached hydrogens (tertiary/aromatic N) is 1. The zero-order valence-electron chi connectivity index (χ0n) is 24.3. The van der Waals surface area contributed by atoms with Gasteiger partial charge in [-0.25, -0.2) is 8.42 Å². The number of carboxylic acid groups (broad SMARTS) is 1. The molecule has 6 N–H and O–H groups in total. The normalized spacial score (nSPS) is 15.0. The van der Waals surface area contributed by atoms with Gasteiger partial charge in [0.1, 0.15) is 23.7 Å². The highest BCUT2D eigenvalue weighted by molar-refractivity contribution is 7.89. The number of amides is 2. The number of rotatable bonds is 12. The van der Waals surface area contributed by atoms with Gasteiger partial charge in [-0.3, -0.25) is 19.8 Å². The predicted molar refractivity (Wildman–Crippen MR) is 157 cm³/mol. The van der Waals surface area contributed by atoms with Gasteiger partial charge in [0.15, 0.2) is 0 Å². The van der Waals surface area contributed by atoms with Crippen LogP contribution in [-0.2, 0) is 30.8 Å². The van der Waals surface area contributed by atoms with Crippen molar-refractivity contribution in [1.29, 1.82) is 5.41 Å². The number of amidine groups is 1. The average molecular weight is 602 g/mol. The highest BCUT2D eigenvalue weighted by atomic mass is 32.2. The molecule has 2 amide bonds. The van der Waals surface area contributed by atoms with Gasteiger partial charge in [-0.1, -0.05) is 24.3 Å². The summed E-state index contributed by atoms with van der Waals surface area (Å²) >= 11 is 0. The second-order valence-corrected chi connectivity index (χ2v) is 12.2. The molecule has 0 aromatic heterocycles. The highest BCUT2D eigenvalue weighted by Crippen LogP contribution is 2.30. The van der Waals surface area contributed by atoms with Crippen LogP contribution in [0.5, 0.6) is 5.75 Å². The molecule has 2 aromatic carbocycles. The molecule has 0 spiro atoms. The first-order valence-corrected chi connectivity index (χ1v) is 15.1. The maximum absolute atomic E-state index is 13.5. The van der Waals surface area contributed by atoms with Gasteiger partial charge >= 0.3 is 5.97 Å². The van der Waals surface area contributed by atoms with Crippen LogP contribution < -0.4 is 20.5 Å². The molecule has 42 heavy (non-hydrogen) atoms. The van der Waals surface area contributed by atoms with Crippen molar-refractivity contribution in [1.82, 2.24) is 14.9 Å². The van der Waals surface area contributed by atoms with Crippen LogP contribution in [0, 0.1) is 26.2 Å². The maximum Gasteiger partial charge on any atom is 0.305 e. The number of nitrogens with one attached hydrogen (secondary N) is 3. The monoisotopic (exact) mass is 601 g/mol. The fraction of sp³-hybridized carbons (Fsp3) is 0.448. The lowest BCUT2D eigenvalue weighted by Gasteiger charge is -2.31. The third kappa shape index (κ3) is 7.85. The second kappa shape index (κ2) is 13.8. The molecule has 0 saturated carbocycles. The van der Waals surface area contributed by atoms with Gasteiger partial charge in [-0.05, 0) is 68.4 Å². The van der Waals surface area contributed by atoms with Gasteiger partial charge in [-0.15, -0.1) is 0 Å². The Morgan fingerprint density at radius 1 is 1.05 bits per heavy atom. The minimum atomic E-state index is -4.36. The molecule has 1 saturated heterocycles. The quantitative estimate of drug-likeness (QED) is 0.179. The van der Waals surface area contributed by atoms with Gasteiger partial charge in [0, 0.05) is 25.1 Å². The van der Waals surface area contributed by atoms with E-state index in [1.54, 1.807) is 56.0 Å². The Hall–Kier alpha value is -3.97. The number of ether oxygens (including phenoxy) is 1. The number of likely N-dealkylation sites (tertiary alicyclic amines) is 1. The van der Waals surface area contributed by atoms with Crippen molar-refractivity contribution in [3.63, 3.8) is 0 Å². The summed E-state index contributed by atoms with van der Waals surface area (Å²) in [6.45, 7) is 5.94. The Bertz CT molecular complexity index is 1450.